The fourth-order valence-corrected chi connectivity index (χ4v) is 2.79. The molecule has 3 aromatic rings. The summed E-state index contributed by atoms with van der Waals surface area (Å²) >= 11 is 2.14. The van der Waals surface area contributed by atoms with Crippen LogP contribution < -0.4 is 5.73 Å². The summed E-state index contributed by atoms with van der Waals surface area (Å²) in [5, 5.41) is 11.6. The van der Waals surface area contributed by atoms with Crippen molar-refractivity contribution in [3.63, 3.8) is 0 Å². The van der Waals surface area contributed by atoms with Crippen LogP contribution in [0.4, 0.5) is 11.5 Å². The van der Waals surface area contributed by atoms with Crippen LogP contribution in [0.2, 0.25) is 0 Å². The average Bonchev–Trinajstić information content (AvgIpc) is 2.78. The Kier molecular flexibility index (Phi) is 3.01. The summed E-state index contributed by atoms with van der Waals surface area (Å²) in [6.07, 6.45) is 3.21. The number of aromatic nitrogens is 3. The molecule has 7 nitrogen and oxygen atoms in total. The number of nitrogens with two attached hydrogens (primary N) is 1. The summed E-state index contributed by atoms with van der Waals surface area (Å²) in [5.41, 5.74) is 7.16. The highest BCUT2D eigenvalue weighted by Gasteiger charge is 2.14. The minimum absolute atomic E-state index is 0.0291. The maximum atomic E-state index is 10.9. The maximum Gasteiger partial charge on any atom is 0.271 e. The molecule has 0 spiro atoms. The normalized spacial score (nSPS) is 10.8. The molecular formula is C12H8IN5O2. The lowest BCUT2D eigenvalue weighted by Crippen LogP contribution is -1.97. The van der Waals surface area contributed by atoms with Crippen molar-refractivity contribution in [1.82, 2.24) is 14.5 Å². The predicted octanol–water partition coefficient (Wildman–Crippen LogP) is 2.52. The molecule has 0 saturated heterocycles. The smallest absolute Gasteiger partial charge is 0.271 e. The molecule has 0 fully saturated rings. The Bertz CT molecular complexity index is 830. The van der Waals surface area contributed by atoms with E-state index in [-0.39, 0.29) is 5.69 Å². The zero-order valence-corrected chi connectivity index (χ0v) is 12.2. The van der Waals surface area contributed by atoms with Crippen molar-refractivity contribution in [2.24, 2.45) is 0 Å². The molecule has 0 bridgehead atoms. The Balaban J connectivity index is 2.28. The van der Waals surface area contributed by atoms with Gasteiger partial charge in [-0.05, 0) is 28.7 Å². The Labute approximate surface area is 126 Å². The molecule has 20 heavy (non-hydrogen) atoms. The van der Waals surface area contributed by atoms with Crippen LogP contribution in [0.3, 0.4) is 0 Å². The highest BCUT2D eigenvalue weighted by molar-refractivity contribution is 14.1. The van der Waals surface area contributed by atoms with Crippen molar-refractivity contribution >= 4 is 45.1 Å². The number of nitrogens with zero attached hydrogens (tertiary/aromatic N) is 4. The van der Waals surface area contributed by atoms with Gasteiger partial charge < -0.3 is 5.73 Å². The zero-order chi connectivity index (χ0) is 14.3. The van der Waals surface area contributed by atoms with E-state index in [1.165, 1.54) is 18.5 Å². The molecule has 0 aliphatic rings. The Hall–Kier alpha value is -2.23. The Morgan fingerprint density at radius 3 is 2.90 bits per heavy atom. The van der Waals surface area contributed by atoms with Crippen LogP contribution in [-0.4, -0.2) is 19.5 Å². The number of non-ortho nitro benzene ring substituents is 1. The summed E-state index contributed by atoms with van der Waals surface area (Å²) < 4.78 is 2.66. The van der Waals surface area contributed by atoms with E-state index >= 15 is 0 Å². The molecule has 0 saturated carbocycles. The van der Waals surface area contributed by atoms with E-state index < -0.39 is 4.92 Å². The standard InChI is InChI=1S/C12H8IN5O2/c13-9-5-17(12-10(9)11(14)15-6-16-12)7-2-1-3-8(4-7)18(19)20/h1-6H,(H2,14,15,16). The highest BCUT2D eigenvalue weighted by Crippen LogP contribution is 2.28. The molecule has 3 rings (SSSR count). The molecule has 2 aromatic heterocycles. The van der Waals surface area contributed by atoms with Gasteiger partial charge in [0.2, 0.25) is 0 Å². The van der Waals surface area contributed by atoms with Crippen molar-refractivity contribution < 1.29 is 4.92 Å². The summed E-state index contributed by atoms with van der Waals surface area (Å²) in [5.74, 6) is 0.392. The van der Waals surface area contributed by atoms with Crippen molar-refractivity contribution in [2.75, 3.05) is 5.73 Å². The van der Waals surface area contributed by atoms with Gasteiger partial charge in [-0.3, -0.25) is 14.7 Å². The van der Waals surface area contributed by atoms with Crippen molar-refractivity contribution in [3.8, 4) is 5.69 Å². The van der Waals surface area contributed by atoms with Crippen LogP contribution >= 0.6 is 22.6 Å². The monoisotopic (exact) mass is 381 g/mol. The molecule has 100 valence electrons. The van der Waals surface area contributed by atoms with Crippen molar-refractivity contribution in [1.29, 1.82) is 0 Å². The molecule has 2 N–H and O–H groups in total. The summed E-state index contributed by atoms with van der Waals surface area (Å²) in [6, 6.07) is 6.36. The maximum absolute atomic E-state index is 10.9. The van der Waals surface area contributed by atoms with E-state index in [1.54, 1.807) is 16.7 Å². The SMILES string of the molecule is Nc1ncnc2c1c(I)cn2-c1cccc([N+](=O)[O-])c1. The number of anilines is 1. The number of halogens is 1. The van der Waals surface area contributed by atoms with E-state index in [2.05, 4.69) is 32.6 Å². The zero-order valence-electron chi connectivity index (χ0n) is 10.0. The summed E-state index contributed by atoms with van der Waals surface area (Å²) in [6.45, 7) is 0. The van der Waals surface area contributed by atoms with Crippen LogP contribution in [0, 0.1) is 13.7 Å². The van der Waals surface area contributed by atoms with E-state index in [1.807, 2.05) is 6.20 Å². The summed E-state index contributed by atoms with van der Waals surface area (Å²) in [4.78, 5) is 18.6. The lowest BCUT2D eigenvalue weighted by Gasteiger charge is -2.04. The largest absolute Gasteiger partial charge is 0.383 e. The van der Waals surface area contributed by atoms with Gasteiger partial charge in [-0.15, -0.1) is 0 Å². The van der Waals surface area contributed by atoms with Gasteiger partial charge in [0.05, 0.1) is 16.0 Å². The number of rotatable bonds is 2. The third-order valence-electron chi connectivity index (χ3n) is 2.88. The first-order valence-corrected chi connectivity index (χ1v) is 6.67. The molecule has 1 aromatic carbocycles. The molecule has 0 atom stereocenters. The second-order valence-electron chi connectivity index (χ2n) is 4.08. The number of fused-ring (bicyclic) bond motifs is 1. The van der Waals surface area contributed by atoms with Crippen LogP contribution in [0.1, 0.15) is 0 Å². The van der Waals surface area contributed by atoms with Gasteiger partial charge in [-0.25, -0.2) is 9.97 Å². The Morgan fingerprint density at radius 1 is 1.35 bits per heavy atom. The highest BCUT2D eigenvalue weighted by atomic mass is 127. The number of nitrogen functional groups attached to an aromatic ring is 1. The number of hydrogen-bond donors (Lipinski definition) is 1. The Morgan fingerprint density at radius 2 is 2.15 bits per heavy atom. The van der Waals surface area contributed by atoms with E-state index in [4.69, 9.17) is 5.73 Å². The average molecular weight is 381 g/mol. The molecule has 2 heterocycles. The summed E-state index contributed by atoms with van der Waals surface area (Å²) in [7, 11) is 0. The first-order chi connectivity index (χ1) is 9.58. The topological polar surface area (TPSA) is 99.9 Å². The van der Waals surface area contributed by atoms with Gasteiger partial charge in [-0.1, -0.05) is 6.07 Å². The third-order valence-corrected chi connectivity index (χ3v) is 3.70. The molecule has 0 radical (unpaired) electrons. The van der Waals surface area contributed by atoms with Crippen molar-refractivity contribution in [2.45, 2.75) is 0 Å². The number of benzene rings is 1. The fourth-order valence-electron chi connectivity index (χ4n) is 1.99. The van der Waals surface area contributed by atoms with Gasteiger partial charge in [0, 0.05) is 21.9 Å². The van der Waals surface area contributed by atoms with Gasteiger partial charge in [0.15, 0.2) is 5.65 Å². The molecule has 8 heteroatoms. The second kappa shape index (κ2) is 4.71. The number of nitro benzene ring substituents is 1. The number of nitro groups is 1. The molecule has 0 unspecified atom stereocenters. The minimum atomic E-state index is -0.427. The first kappa shape index (κ1) is 12.8. The minimum Gasteiger partial charge on any atom is -0.383 e. The predicted molar refractivity (Wildman–Crippen MR) is 82.6 cm³/mol. The van der Waals surface area contributed by atoms with E-state index in [0.29, 0.717) is 17.2 Å². The molecular weight excluding hydrogens is 373 g/mol. The van der Waals surface area contributed by atoms with Gasteiger partial charge in [0.1, 0.15) is 12.1 Å². The van der Waals surface area contributed by atoms with Crippen LogP contribution in [-0.2, 0) is 0 Å². The van der Waals surface area contributed by atoms with Gasteiger partial charge in [-0.2, -0.15) is 0 Å². The van der Waals surface area contributed by atoms with Crippen molar-refractivity contribution in [3.05, 3.63) is 50.5 Å². The van der Waals surface area contributed by atoms with Crippen LogP contribution in [0.15, 0.2) is 36.8 Å². The van der Waals surface area contributed by atoms with Gasteiger partial charge >= 0.3 is 0 Å². The second-order valence-corrected chi connectivity index (χ2v) is 5.24. The van der Waals surface area contributed by atoms with Crippen LogP contribution in [0.25, 0.3) is 16.7 Å². The molecule has 0 aliphatic heterocycles. The van der Waals surface area contributed by atoms with E-state index in [0.717, 1.165) is 8.96 Å². The van der Waals surface area contributed by atoms with Crippen LogP contribution in [0.5, 0.6) is 0 Å². The number of hydrogen-bond acceptors (Lipinski definition) is 5. The first-order valence-electron chi connectivity index (χ1n) is 5.60. The fraction of sp³-hybridized carbons (Fsp3) is 0. The van der Waals surface area contributed by atoms with E-state index in [9.17, 15) is 10.1 Å². The quantitative estimate of drug-likeness (QED) is 0.418. The van der Waals surface area contributed by atoms with Gasteiger partial charge in [0.25, 0.3) is 5.69 Å². The molecule has 0 amide bonds. The third kappa shape index (κ3) is 1.97. The lowest BCUT2D eigenvalue weighted by atomic mass is 10.3. The molecule has 0 aliphatic carbocycles. The lowest BCUT2D eigenvalue weighted by molar-refractivity contribution is -0.384.